The van der Waals surface area contributed by atoms with Crippen LogP contribution < -0.4 is 11.1 Å². The molecule has 0 radical (unpaired) electrons. The number of aromatic nitrogens is 2. The molecule has 1 atom stereocenters. The molecule has 0 fully saturated rings. The fourth-order valence-corrected chi connectivity index (χ4v) is 3.08. The number of thiazole rings is 1. The smallest absolute Gasteiger partial charge is 0.195 e. The van der Waals surface area contributed by atoms with Crippen LogP contribution in [-0.2, 0) is 6.42 Å². The molecule has 0 aliphatic rings. The minimum Gasteiger partial charge on any atom is -0.329 e. The topological polar surface area (TPSA) is 55.3 Å². The van der Waals surface area contributed by atoms with E-state index in [4.69, 9.17) is 17.3 Å². The quantitative estimate of drug-likeness (QED) is 0.873. The van der Waals surface area contributed by atoms with Crippen LogP contribution in [0.2, 0.25) is 5.15 Å². The molecule has 0 saturated heterocycles. The monoisotopic (exact) mass is 272 g/mol. The SMILES string of the molecule is Cc1csc2nc(Cl)c(CC(C)NCCN)n12. The molecule has 0 saturated carbocycles. The van der Waals surface area contributed by atoms with E-state index in [1.165, 1.54) is 5.69 Å². The van der Waals surface area contributed by atoms with Crippen molar-refractivity contribution in [3.8, 4) is 0 Å². The molecule has 17 heavy (non-hydrogen) atoms. The van der Waals surface area contributed by atoms with Crippen LogP contribution in [0.15, 0.2) is 5.38 Å². The first kappa shape index (κ1) is 12.8. The summed E-state index contributed by atoms with van der Waals surface area (Å²) in [6.45, 7) is 5.68. The third-order valence-electron chi connectivity index (χ3n) is 2.72. The molecule has 2 aromatic rings. The van der Waals surface area contributed by atoms with Crippen molar-refractivity contribution in [2.24, 2.45) is 5.73 Å². The Balaban J connectivity index is 2.22. The molecule has 0 aliphatic heterocycles. The van der Waals surface area contributed by atoms with Gasteiger partial charge in [-0.25, -0.2) is 4.98 Å². The van der Waals surface area contributed by atoms with Crippen molar-refractivity contribution < 1.29 is 0 Å². The molecule has 94 valence electrons. The van der Waals surface area contributed by atoms with E-state index in [0.29, 0.717) is 17.7 Å². The van der Waals surface area contributed by atoms with E-state index in [2.05, 4.69) is 33.9 Å². The third-order valence-corrected chi connectivity index (χ3v) is 3.96. The maximum absolute atomic E-state index is 6.18. The van der Waals surface area contributed by atoms with Crippen LogP contribution in [0.25, 0.3) is 4.96 Å². The van der Waals surface area contributed by atoms with Gasteiger partial charge < -0.3 is 11.1 Å². The van der Waals surface area contributed by atoms with Crippen molar-refractivity contribution >= 4 is 27.9 Å². The molecule has 1 unspecified atom stereocenters. The predicted molar refractivity (Wildman–Crippen MR) is 73.0 cm³/mol. The van der Waals surface area contributed by atoms with Gasteiger partial charge in [0.15, 0.2) is 10.1 Å². The minimum absolute atomic E-state index is 0.343. The Hall–Kier alpha value is -0.620. The average molecular weight is 273 g/mol. The number of aryl methyl sites for hydroxylation is 1. The highest BCUT2D eigenvalue weighted by molar-refractivity contribution is 7.15. The van der Waals surface area contributed by atoms with E-state index in [9.17, 15) is 0 Å². The molecule has 0 aromatic carbocycles. The van der Waals surface area contributed by atoms with E-state index < -0.39 is 0 Å². The van der Waals surface area contributed by atoms with Crippen LogP contribution in [0.3, 0.4) is 0 Å². The third kappa shape index (κ3) is 2.63. The summed E-state index contributed by atoms with van der Waals surface area (Å²) in [5.74, 6) is 0. The molecule has 0 bridgehead atoms. The Kier molecular flexibility index (Phi) is 4.04. The van der Waals surface area contributed by atoms with Gasteiger partial charge in [-0.3, -0.25) is 4.40 Å². The number of imidazole rings is 1. The van der Waals surface area contributed by atoms with Gasteiger partial charge in [0, 0.05) is 36.6 Å². The Morgan fingerprint density at radius 1 is 1.65 bits per heavy atom. The summed E-state index contributed by atoms with van der Waals surface area (Å²) in [6.07, 6.45) is 0.859. The largest absolute Gasteiger partial charge is 0.329 e. The molecule has 6 heteroatoms. The van der Waals surface area contributed by atoms with Gasteiger partial charge in [-0.2, -0.15) is 0 Å². The first-order chi connectivity index (χ1) is 8.13. The number of hydrogen-bond donors (Lipinski definition) is 2. The molecular weight excluding hydrogens is 256 g/mol. The molecule has 4 nitrogen and oxygen atoms in total. The van der Waals surface area contributed by atoms with Crippen LogP contribution in [-0.4, -0.2) is 28.5 Å². The van der Waals surface area contributed by atoms with Gasteiger partial charge in [0.2, 0.25) is 0 Å². The molecule has 2 heterocycles. The van der Waals surface area contributed by atoms with Crippen molar-refractivity contribution in [1.82, 2.24) is 14.7 Å². The first-order valence-electron chi connectivity index (χ1n) is 5.68. The van der Waals surface area contributed by atoms with Gasteiger partial charge in [-0.15, -0.1) is 11.3 Å². The lowest BCUT2D eigenvalue weighted by Gasteiger charge is -2.13. The fraction of sp³-hybridized carbons (Fsp3) is 0.545. The molecule has 0 amide bonds. The lowest BCUT2D eigenvalue weighted by atomic mass is 10.2. The normalized spacial score (nSPS) is 13.4. The highest BCUT2D eigenvalue weighted by atomic mass is 35.5. The maximum Gasteiger partial charge on any atom is 0.195 e. The van der Waals surface area contributed by atoms with Crippen LogP contribution in [0, 0.1) is 6.92 Å². The fourth-order valence-electron chi connectivity index (χ4n) is 1.91. The van der Waals surface area contributed by atoms with Crippen molar-refractivity contribution in [2.75, 3.05) is 13.1 Å². The Morgan fingerprint density at radius 2 is 2.41 bits per heavy atom. The zero-order valence-electron chi connectivity index (χ0n) is 10.0. The summed E-state index contributed by atoms with van der Waals surface area (Å²) in [7, 11) is 0. The highest BCUT2D eigenvalue weighted by Gasteiger charge is 2.15. The summed E-state index contributed by atoms with van der Waals surface area (Å²) in [6, 6.07) is 0.343. The summed E-state index contributed by atoms with van der Waals surface area (Å²) >= 11 is 7.80. The number of nitrogens with two attached hydrogens (primary N) is 1. The molecule has 2 aromatic heterocycles. The van der Waals surface area contributed by atoms with Crippen molar-refractivity contribution in [2.45, 2.75) is 26.3 Å². The van der Waals surface area contributed by atoms with Crippen molar-refractivity contribution in [3.63, 3.8) is 0 Å². The van der Waals surface area contributed by atoms with Crippen LogP contribution in [0.4, 0.5) is 0 Å². The molecular formula is C11H17ClN4S. The molecule has 0 spiro atoms. The highest BCUT2D eigenvalue weighted by Crippen LogP contribution is 2.24. The first-order valence-corrected chi connectivity index (χ1v) is 6.93. The van der Waals surface area contributed by atoms with E-state index in [1.807, 2.05) is 0 Å². The average Bonchev–Trinajstić information content (AvgIpc) is 2.78. The minimum atomic E-state index is 0.343. The molecule has 3 N–H and O–H groups in total. The van der Waals surface area contributed by atoms with Gasteiger partial charge >= 0.3 is 0 Å². The lowest BCUT2D eigenvalue weighted by molar-refractivity contribution is 0.546. The Bertz CT molecular complexity index is 505. The van der Waals surface area contributed by atoms with Gasteiger partial charge in [0.25, 0.3) is 0 Å². The standard InChI is InChI=1S/C11H17ClN4S/c1-7(14-4-3-13)5-9-10(12)15-11-16(9)8(2)6-17-11/h6-7,14H,3-5,13H2,1-2H3. The number of fused-ring (bicyclic) bond motifs is 1. The van der Waals surface area contributed by atoms with E-state index in [-0.39, 0.29) is 0 Å². The van der Waals surface area contributed by atoms with Gasteiger partial charge in [-0.05, 0) is 13.8 Å². The van der Waals surface area contributed by atoms with Crippen molar-refractivity contribution in [1.29, 1.82) is 0 Å². The maximum atomic E-state index is 6.18. The number of nitrogens with zero attached hydrogens (tertiary/aromatic N) is 2. The van der Waals surface area contributed by atoms with Crippen LogP contribution >= 0.6 is 22.9 Å². The summed E-state index contributed by atoms with van der Waals surface area (Å²) in [5, 5.41) is 6.06. The summed E-state index contributed by atoms with van der Waals surface area (Å²) in [5.41, 5.74) is 7.74. The zero-order valence-corrected chi connectivity index (χ0v) is 11.6. The second kappa shape index (κ2) is 5.35. The van der Waals surface area contributed by atoms with Crippen LogP contribution in [0.1, 0.15) is 18.3 Å². The zero-order chi connectivity index (χ0) is 12.4. The number of rotatable bonds is 5. The number of halogens is 1. The van der Waals surface area contributed by atoms with E-state index in [1.54, 1.807) is 11.3 Å². The summed E-state index contributed by atoms with van der Waals surface area (Å²) in [4.78, 5) is 5.33. The molecule has 0 aliphatic carbocycles. The number of hydrogen-bond acceptors (Lipinski definition) is 4. The van der Waals surface area contributed by atoms with Gasteiger partial charge in [0.05, 0.1) is 5.69 Å². The second-order valence-electron chi connectivity index (χ2n) is 4.19. The predicted octanol–water partition coefficient (Wildman–Crippen LogP) is 1.84. The van der Waals surface area contributed by atoms with E-state index >= 15 is 0 Å². The second-order valence-corrected chi connectivity index (χ2v) is 5.39. The Labute approximate surface area is 110 Å². The lowest BCUT2D eigenvalue weighted by Crippen LogP contribution is -2.32. The van der Waals surface area contributed by atoms with Crippen LogP contribution in [0.5, 0.6) is 0 Å². The van der Waals surface area contributed by atoms with Crippen molar-refractivity contribution in [3.05, 3.63) is 21.9 Å². The molecule has 2 rings (SSSR count). The Morgan fingerprint density at radius 3 is 3.12 bits per heavy atom. The summed E-state index contributed by atoms with van der Waals surface area (Å²) < 4.78 is 2.13. The van der Waals surface area contributed by atoms with E-state index in [0.717, 1.165) is 23.6 Å². The van der Waals surface area contributed by atoms with Gasteiger partial charge in [-0.1, -0.05) is 11.6 Å². The number of nitrogens with one attached hydrogen (secondary N) is 1. The van der Waals surface area contributed by atoms with Gasteiger partial charge in [0.1, 0.15) is 0 Å².